The van der Waals surface area contributed by atoms with Gasteiger partial charge in [-0.25, -0.2) is 0 Å². The van der Waals surface area contributed by atoms with Crippen molar-refractivity contribution in [2.75, 3.05) is 13.2 Å². The molecule has 0 saturated carbocycles. The molecule has 0 spiro atoms. The van der Waals surface area contributed by atoms with Crippen LogP contribution in [0, 0.1) is 5.92 Å². The zero-order valence-electron chi connectivity index (χ0n) is 45.2. The van der Waals surface area contributed by atoms with Gasteiger partial charge in [0.2, 0.25) is 0 Å². The van der Waals surface area contributed by atoms with Crippen molar-refractivity contribution in [1.29, 1.82) is 0 Å². The maximum atomic E-state index is 12.9. The quantitative estimate of drug-likeness (QED) is 0.0343. The average Bonchev–Trinajstić information content (AvgIpc) is 3.30. The number of hydrogen-bond acceptors (Lipinski definition) is 6. The van der Waals surface area contributed by atoms with Gasteiger partial charge < -0.3 is 14.2 Å². The number of esters is 3. The van der Waals surface area contributed by atoms with Gasteiger partial charge in [-0.2, -0.15) is 0 Å². The van der Waals surface area contributed by atoms with Gasteiger partial charge in [0.1, 0.15) is 13.2 Å². The molecule has 0 rings (SSSR count). The number of ether oxygens (including phenoxy) is 3. The summed E-state index contributed by atoms with van der Waals surface area (Å²) in [5.41, 5.74) is 0. The third-order valence-electron chi connectivity index (χ3n) is 13.8. The molecule has 0 aromatic carbocycles. The molecular weight excluding hydrogens is 817 g/mol. The summed E-state index contributed by atoms with van der Waals surface area (Å²) < 4.78 is 16.9. The van der Waals surface area contributed by atoms with E-state index in [-0.39, 0.29) is 31.1 Å². The first-order valence-electron chi connectivity index (χ1n) is 29.9. The highest BCUT2D eigenvalue weighted by Crippen LogP contribution is 2.18. The Kier molecular flexibility index (Phi) is 53.0. The number of hydrogen-bond donors (Lipinski definition) is 0. The lowest BCUT2D eigenvalue weighted by Gasteiger charge is -2.18. The summed E-state index contributed by atoms with van der Waals surface area (Å²) in [6, 6.07) is 0. The molecule has 6 nitrogen and oxygen atoms in total. The van der Waals surface area contributed by atoms with Crippen LogP contribution >= 0.6 is 0 Å². The van der Waals surface area contributed by atoms with Gasteiger partial charge in [-0.05, 0) is 25.2 Å². The van der Waals surface area contributed by atoms with Crippen LogP contribution in [0.5, 0.6) is 0 Å². The summed E-state index contributed by atoms with van der Waals surface area (Å²) in [6.45, 7) is 9.04. The van der Waals surface area contributed by atoms with Crippen molar-refractivity contribution in [3.05, 3.63) is 0 Å². The van der Waals surface area contributed by atoms with Gasteiger partial charge in [-0.15, -0.1) is 0 Å². The van der Waals surface area contributed by atoms with Crippen LogP contribution in [0.15, 0.2) is 0 Å². The van der Waals surface area contributed by atoms with Crippen molar-refractivity contribution in [1.82, 2.24) is 0 Å². The van der Waals surface area contributed by atoms with E-state index in [0.29, 0.717) is 19.3 Å². The Morgan fingerprint density at radius 2 is 0.500 bits per heavy atom. The first-order valence-corrected chi connectivity index (χ1v) is 29.9. The van der Waals surface area contributed by atoms with E-state index in [9.17, 15) is 14.4 Å². The van der Waals surface area contributed by atoms with E-state index in [1.807, 2.05) is 0 Å². The molecule has 0 aliphatic heterocycles. The fourth-order valence-corrected chi connectivity index (χ4v) is 9.28. The summed E-state index contributed by atoms with van der Waals surface area (Å²) >= 11 is 0. The summed E-state index contributed by atoms with van der Waals surface area (Å²) in [7, 11) is 0. The van der Waals surface area contributed by atoms with Gasteiger partial charge >= 0.3 is 17.9 Å². The van der Waals surface area contributed by atoms with Crippen molar-refractivity contribution in [3.63, 3.8) is 0 Å². The molecule has 66 heavy (non-hydrogen) atoms. The lowest BCUT2D eigenvalue weighted by molar-refractivity contribution is -0.167. The van der Waals surface area contributed by atoms with E-state index in [1.165, 1.54) is 238 Å². The first kappa shape index (κ1) is 64.4. The minimum Gasteiger partial charge on any atom is -0.462 e. The molecule has 0 aromatic rings. The number of unbranched alkanes of at least 4 members (excludes halogenated alkanes) is 42. The van der Waals surface area contributed by atoms with Crippen LogP contribution in [-0.2, 0) is 28.6 Å². The first-order chi connectivity index (χ1) is 32.4. The molecule has 392 valence electrons. The van der Waals surface area contributed by atoms with Crippen LogP contribution in [0.4, 0.5) is 0 Å². The van der Waals surface area contributed by atoms with Crippen molar-refractivity contribution in [3.8, 4) is 0 Å². The van der Waals surface area contributed by atoms with Crippen LogP contribution < -0.4 is 0 Å². The lowest BCUT2D eigenvalue weighted by atomic mass is 10.0. The van der Waals surface area contributed by atoms with E-state index in [0.717, 1.165) is 63.7 Å². The standard InChI is InChI=1S/C60H116O6/c1-5-7-9-11-13-15-17-19-21-23-25-27-29-31-35-39-43-47-51-58(61)64-54-57(55-65-59(62)52-48-44-40-37-33-34-38-42-46-50-56(3)4)66-60(63)53-49-45-41-36-32-30-28-26-24-22-20-18-16-14-12-10-8-6-2/h56-57H,5-55H2,1-4H3/t57-/m1/s1. The zero-order valence-corrected chi connectivity index (χ0v) is 45.2. The van der Waals surface area contributed by atoms with Gasteiger partial charge in [0.25, 0.3) is 0 Å². The van der Waals surface area contributed by atoms with Crippen molar-refractivity contribution >= 4 is 17.9 Å². The van der Waals surface area contributed by atoms with Crippen molar-refractivity contribution in [2.45, 2.75) is 348 Å². The molecular formula is C60H116O6. The predicted octanol–water partition coefficient (Wildman–Crippen LogP) is 19.8. The third-order valence-corrected chi connectivity index (χ3v) is 13.8. The minimum absolute atomic E-state index is 0.0620. The molecule has 0 aliphatic carbocycles. The normalized spacial score (nSPS) is 12.0. The SMILES string of the molecule is CCCCCCCCCCCCCCCCCCCCC(=O)OC[C@H](COC(=O)CCCCCCCCCCCC(C)C)OC(=O)CCCCCCCCCCCCCCCCCCCC. The van der Waals surface area contributed by atoms with Gasteiger partial charge in [-0.3, -0.25) is 14.4 Å². The Morgan fingerprint density at radius 3 is 0.742 bits per heavy atom. The molecule has 0 N–H and O–H groups in total. The molecule has 0 aliphatic rings. The van der Waals surface area contributed by atoms with E-state index in [4.69, 9.17) is 14.2 Å². The van der Waals surface area contributed by atoms with Crippen molar-refractivity contribution in [2.24, 2.45) is 5.92 Å². The molecule has 0 radical (unpaired) electrons. The largest absolute Gasteiger partial charge is 0.462 e. The minimum atomic E-state index is -0.762. The summed E-state index contributed by atoms with van der Waals surface area (Å²) in [4.78, 5) is 38.2. The third kappa shape index (κ3) is 53.4. The summed E-state index contributed by atoms with van der Waals surface area (Å²) in [5, 5.41) is 0. The molecule has 0 saturated heterocycles. The molecule has 0 heterocycles. The highest BCUT2D eigenvalue weighted by atomic mass is 16.6. The highest BCUT2D eigenvalue weighted by molar-refractivity contribution is 5.71. The summed E-state index contributed by atoms with van der Waals surface area (Å²) in [6.07, 6.45) is 59.6. The second-order valence-corrected chi connectivity index (χ2v) is 21.1. The highest BCUT2D eigenvalue weighted by Gasteiger charge is 2.19. The Balaban J connectivity index is 4.26. The summed E-state index contributed by atoms with van der Waals surface area (Å²) in [5.74, 6) is -0.0267. The van der Waals surface area contributed by atoms with E-state index in [2.05, 4.69) is 27.7 Å². The van der Waals surface area contributed by atoms with Crippen LogP contribution in [0.25, 0.3) is 0 Å². The second kappa shape index (κ2) is 54.4. The molecule has 6 heteroatoms. The molecule has 0 fully saturated rings. The smallest absolute Gasteiger partial charge is 0.306 e. The molecule has 1 atom stereocenters. The van der Waals surface area contributed by atoms with Crippen LogP contribution in [0.2, 0.25) is 0 Å². The number of rotatable bonds is 55. The fraction of sp³-hybridized carbons (Fsp3) is 0.950. The van der Waals surface area contributed by atoms with Gasteiger partial charge in [0, 0.05) is 19.3 Å². The topological polar surface area (TPSA) is 78.9 Å². The fourth-order valence-electron chi connectivity index (χ4n) is 9.28. The van der Waals surface area contributed by atoms with E-state index < -0.39 is 6.10 Å². The molecule has 0 unspecified atom stereocenters. The number of carbonyl (C=O) groups excluding carboxylic acids is 3. The maximum Gasteiger partial charge on any atom is 0.306 e. The Labute approximate surface area is 412 Å². The van der Waals surface area contributed by atoms with Crippen LogP contribution in [-0.4, -0.2) is 37.2 Å². The lowest BCUT2D eigenvalue weighted by Crippen LogP contribution is -2.30. The zero-order chi connectivity index (χ0) is 48.1. The van der Waals surface area contributed by atoms with Gasteiger partial charge in [0.15, 0.2) is 6.10 Å². The molecule has 0 aromatic heterocycles. The monoisotopic (exact) mass is 933 g/mol. The average molecular weight is 934 g/mol. The number of carbonyl (C=O) groups is 3. The second-order valence-electron chi connectivity index (χ2n) is 21.1. The van der Waals surface area contributed by atoms with E-state index >= 15 is 0 Å². The van der Waals surface area contributed by atoms with Crippen LogP contribution in [0.1, 0.15) is 342 Å². The Hall–Kier alpha value is -1.59. The van der Waals surface area contributed by atoms with Gasteiger partial charge in [-0.1, -0.05) is 304 Å². The predicted molar refractivity (Wildman–Crippen MR) is 284 cm³/mol. The van der Waals surface area contributed by atoms with Gasteiger partial charge in [0.05, 0.1) is 0 Å². The molecule has 0 amide bonds. The van der Waals surface area contributed by atoms with Crippen LogP contribution in [0.3, 0.4) is 0 Å². The Bertz CT molecular complexity index is 996. The molecule has 0 bridgehead atoms. The maximum absolute atomic E-state index is 12.9. The van der Waals surface area contributed by atoms with Crippen molar-refractivity contribution < 1.29 is 28.6 Å². The Morgan fingerprint density at radius 1 is 0.288 bits per heavy atom. The van der Waals surface area contributed by atoms with E-state index in [1.54, 1.807) is 0 Å².